The van der Waals surface area contributed by atoms with Crippen molar-refractivity contribution >= 4 is 22.4 Å². The van der Waals surface area contributed by atoms with Crippen molar-refractivity contribution in [2.45, 2.75) is 0 Å². The normalized spacial score (nSPS) is 15.0. The summed E-state index contributed by atoms with van der Waals surface area (Å²) in [5.74, 6) is -0.208. The Hall–Kier alpha value is -2.92. The minimum Gasteiger partial charge on any atom is -0.367 e. The summed E-state index contributed by atoms with van der Waals surface area (Å²) in [5.41, 5.74) is 1.38. The number of hydrogen-bond acceptors (Lipinski definition) is 3. The van der Waals surface area contributed by atoms with Crippen LogP contribution in [0.25, 0.3) is 10.8 Å². The molecule has 0 atom stereocenters. The van der Waals surface area contributed by atoms with Crippen molar-refractivity contribution in [3.63, 3.8) is 0 Å². The lowest BCUT2D eigenvalue weighted by Gasteiger charge is -2.36. The van der Waals surface area contributed by atoms with Gasteiger partial charge in [0.25, 0.3) is 5.91 Å². The zero-order chi connectivity index (χ0) is 19.3. The van der Waals surface area contributed by atoms with Crippen molar-refractivity contribution in [3.8, 4) is 0 Å². The van der Waals surface area contributed by atoms with E-state index in [1.165, 1.54) is 6.07 Å². The van der Waals surface area contributed by atoms with Crippen LogP contribution in [0, 0.1) is 5.82 Å². The highest BCUT2D eigenvalue weighted by atomic mass is 19.1. The van der Waals surface area contributed by atoms with E-state index in [0.717, 1.165) is 43.5 Å². The largest absolute Gasteiger partial charge is 0.367 e. The summed E-state index contributed by atoms with van der Waals surface area (Å²) in [6.07, 6.45) is 0. The van der Waals surface area contributed by atoms with Gasteiger partial charge in [0.2, 0.25) is 0 Å². The monoisotopic (exact) mass is 377 g/mol. The summed E-state index contributed by atoms with van der Waals surface area (Å²) < 4.78 is 13.9. The van der Waals surface area contributed by atoms with Gasteiger partial charge in [-0.2, -0.15) is 0 Å². The van der Waals surface area contributed by atoms with Crippen LogP contribution in [0.1, 0.15) is 10.4 Å². The lowest BCUT2D eigenvalue weighted by molar-refractivity contribution is 0.0949. The average Bonchev–Trinajstić information content (AvgIpc) is 2.74. The second kappa shape index (κ2) is 8.40. The summed E-state index contributed by atoms with van der Waals surface area (Å²) in [4.78, 5) is 17.0. The van der Waals surface area contributed by atoms with Crippen molar-refractivity contribution < 1.29 is 9.18 Å². The van der Waals surface area contributed by atoms with Gasteiger partial charge in [-0.15, -0.1) is 0 Å². The Balaban J connectivity index is 1.28. The first kappa shape index (κ1) is 18.4. The van der Waals surface area contributed by atoms with Crippen LogP contribution in [-0.2, 0) is 0 Å². The molecule has 0 bridgehead atoms. The van der Waals surface area contributed by atoms with Gasteiger partial charge in [-0.1, -0.05) is 48.5 Å². The molecular formula is C23H24FN3O. The van der Waals surface area contributed by atoms with Gasteiger partial charge in [0, 0.05) is 44.8 Å². The number of hydrogen-bond donors (Lipinski definition) is 1. The smallest absolute Gasteiger partial charge is 0.251 e. The van der Waals surface area contributed by atoms with Crippen molar-refractivity contribution in [3.05, 3.63) is 78.1 Å². The maximum Gasteiger partial charge on any atom is 0.251 e. The number of amides is 1. The minimum absolute atomic E-state index is 0.0400. The third-order valence-electron chi connectivity index (χ3n) is 5.31. The number of carbonyl (C=O) groups is 1. The number of carbonyl (C=O) groups excluding carboxylic acids is 1. The van der Waals surface area contributed by atoms with Crippen LogP contribution >= 0.6 is 0 Å². The third-order valence-corrected chi connectivity index (χ3v) is 5.31. The fourth-order valence-electron chi connectivity index (χ4n) is 3.77. The highest BCUT2D eigenvalue weighted by Gasteiger charge is 2.19. The molecule has 0 aliphatic carbocycles. The zero-order valence-electron chi connectivity index (χ0n) is 15.8. The Morgan fingerprint density at radius 2 is 1.61 bits per heavy atom. The number of piperazine rings is 1. The molecule has 3 aromatic carbocycles. The van der Waals surface area contributed by atoms with E-state index in [-0.39, 0.29) is 11.7 Å². The Bertz CT molecular complexity index is 961. The van der Waals surface area contributed by atoms with E-state index < -0.39 is 0 Å². The number of nitrogens with zero attached hydrogens (tertiary/aromatic N) is 2. The Morgan fingerprint density at radius 1 is 0.893 bits per heavy atom. The van der Waals surface area contributed by atoms with E-state index in [1.54, 1.807) is 6.07 Å². The number of para-hydroxylation sites is 1. The molecule has 4 rings (SSSR count). The lowest BCUT2D eigenvalue weighted by Crippen LogP contribution is -2.48. The molecule has 3 aromatic rings. The summed E-state index contributed by atoms with van der Waals surface area (Å²) in [7, 11) is 0. The summed E-state index contributed by atoms with van der Waals surface area (Å²) in [6.45, 7) is 4.69. The van der Waals surface area contributed by atoms with Gasteiger partial charge in [0.15, 0.2) is 0 Å². The molecule has 1 N–H and O–H groups in total. The van der Waals surface area contributed by atoms with Gasteiger partial charge in [0.05, 0.1) is 5.69 Å². The van der Waals surface area contributed by atoms with Crippen LogP contribution in [0.5, 0.6) is 0 Å². The molecule has 1 aliphatic heterocycles. The molecule has 4 nitrogen and oxygen atoms in total. The number of fused-ring (bicyclic) bond motifs is 1. The van der Waals surface area contributed by atoms with Crippen LogP contribution in [0.2, 0.25) is 0 Å². The quantitative estimate of drug-likeness (QED) is 0.739. The molecule has 1 heterocycles. The number of benzene rings is 3. The van der Waals surface area contributed by atoms with Gasteiger partial charge in [0.1, 0.15) is 5.82 Å². The minimum atomic E-state index is -0.168. The van der Waals surface area contributed by atoms with Gasteiger partial charge in [-0.25, -0.2) is 4.39 Å². The first-order valence-electron chi connectivity index (χ1n) is 9.70. The molecule has 1 fully saturated rings. The first-order valence-corrected chi connectivity index (χ1v) is 9.70. The second-order valence-electron chi connectivity index (χ2n) is 7.06. The maximum absolute atomic E-state index is 13.9. The van der Waals surface area contributed by atoms with E-state index in [1.807, 2.05) is 54.6 Å². The standard InChI is InChI=1S/C23H24FN3O/c24-21-10-3-4-11-22(21)27-16-14-26(15-17-27)13-12-25-23(28)20-9-5-7-18-6-1-2-8-19(18)20/h1-11H,12-17H2,(H,25,28). The van der Waals surface area contributed by atoms with Gasteiger partial charge in [-0.3, -0.25) is 9.69 Å². The summed E-state index contributed by atoms with van der Waals surface area (Å²) >= 11 is 0. The van der Waals surface area contributed by atoms with E-state index in [2.05, 4.69) is 15.1 Å². The van der Waals surface area contributed by atoms with Gasteiger partial charge < -0.3 is 10.2 Å². The third kappa shape index (κ3) is 3.99. The first-order chi connectivity index (χ1) is 13.7. The molecule has 1 saturated heterocycles. The fourth-order valence-corrected chi connectivity index (χ4v) is 3.77. The molecule has 144 valence electrons. The molecule has 5 heteroatoms. The predicted molar refractivity (Wildman–Crippen MR) is 111 cm³/mol. The van der Waals surface area contributed by atoms with Crippen LogP contribution in [-0.4, -0.2) is 50.1 Å². The molecule has 0 saturated carbocycles. The molecule has 0 aromatic heterocycles. The van der Waals surface area contributed by atoms with Crippen LogP contribution in [0.4, 0.5) is 10.1 Å². The number of halogens is 1. The average molecular weight is 377 g/mol. The van der Waals surface area contributed by atoms with E-state index in [0.29, 0.717) is 17.8 Å². The lowest BCUT2D eigenvalue weighted by atomic mass is 10.0. The highest BCUT2D eigenvalue weighted by Crippen LogP contribution is 2.20. The molecule has 1 aliphatic rings. The second-order valence-corrected chi connectivity index (χ2v) is 7.06. The Labute approximate surface area is 164 Å². The fraction of sp³-hybridized carbons (Fsp3) is 0.261. The number of anilines is 1. The molecule has 0 spiro atoms. The van der Waals surface area contributed by atoms with Crippen LogP contribution in [0.3, 0.4) is 0 Å². The van der Waals surface area contributed by atoms with Crippen LogP contribution in [0.15, 0.2) is 66.7 Å². The molecule has 28 heavy (non-hydrogen) atoms. The van der Waals surface area contributed by atoms with Gasteiger partial charge in [-0.05, 0) is 29.0 Å². The molecule has 0 unspecified atom stereocenters. The van der Waals surface area contributed by atoms with Crippen molar-refractivity contribution in [1.82, 2.24) is 10.2 Å². The maximum atomic E-state index is 13.9. The van der Waals surface area contributed by atoms with E-state index in [4.69, 9.17) is 0 Å². The number of rotatable bonds is 5. The van der Waals surface area contributed by atoms with Crippen LogP contribution < -0.4 is 10.2 Å². The zero-order valence-corrected chi connectivity index (χ0v) is 15.8. The van der Waals surface area contributed by atoms with Crippen molar-refractivity contribution in [2.24, 2.45) is 0 Å². The summed E-state index contributed by atoms with van der Waals surface area (Å²) in [5, 5.41) is 5.08. The Morgan fingerprint density at radius 3 is 2.43 bits per heavy atom. The molecular weight excluding hydrogens is 353 g/mol. The van der Waals surface area contributed by atoms with Gasteiger partial charge >= 0.3 is 0 Å². The topological polar surface area (TPSA) is 35.6 Å². The molecule has 1 amide bonds. The van der Waals surface area contributed by atoms with Crippen molar-refractivity contribution in [2.75, 3.05) is 44.2 Å². The number of nitrogens with one attached hydrogen (secondary N) is 1. The highest BCUT2D eigenvalue weighted by molar-refractivity contribution is 6.06. The Kier molecular flexibility index (Phi) is 5.53. The van der Waals surface area contributed by atoms with E-state index >= 15 is 0 Å². The van der Waals surface area contributed by atoms with Crippen molar-refractivity contribution in [1.29, 1.82) is 0 Å². The SMILES string of the molecule is O=C(NCCN1CCN(c2ccccc2F)CC1)c1cccc2ccccc12. The molecule has 0 radical (unpaired) electrons. The summed E-state index contributed by atoms with van der Waals surface area (Å²) in [6, 6.07) is 20.6. The predicted octanol–water partition coefficient (Wildman–Crippen LogP) is 3.53. The van der Waals surface area contributed by atoms with E-state index in [9.17, 15) is 9.18 Å².